The van der Waals surface area contributed by atoms with Gasteiger partial charge in [0.15, 0.2) is 0 Å². The Hall–Kier alpha value is -1.06. The molecule has 2 atom stereocenters. The Bertz CT molecular complexity index is 276. The molecule has 0 saturated carbocycles. The molecule has 1 aliphatic heterocycles. The van der Waals surface area contributed by atoms with Gasteiger partial charge in [0.05, 0.1) is 0 Å². The van der Waals surface area contributed by atoms with E-state index in [0.29, 0.717) is 12.5 Å². The van der Waals surface area contributed by atoms with Gasteiger partial charge in [0.2, 0.25) is 11.8 Å². The van der Waals surface area contributed by atoms with Crippen molar-refractivity contribution in [2.24, 2.45) is 11.8 Å². The van der Waals surface area contributed by atoms with Gasteiger partial charge in [0.1, 0.15) is 0 Å². The zero-order chi connectivity index (χ0) is 12.3. The molecule has 0 aromatic rings. The van der Waals surface area contributed by atoms with Crippen molar-refractivity contribution in [3.05, 3.63) is 0 Å². The summed E-state index contributed by atoms with van der Waals surface area (Å²) in [7, 11) is 0. The van der Waals surface area contributed by atoms with Crippen LogP contribution in [0.1, 0.15) is 34.1 Å². The summed E-state index contributed by atoms with van der Waals surface area (Å²) in [5.74, 6) is 0.621. The van der Waals surface area contributed by atoms with Crippen LogP contribution in [0.2, 0.25) is 0 Å². The molecule has 16 heavy (non-hydrogen) atoms. The lowest BCUT2D eigenvalue weighted by atomic mass is 9.95. The molecule has 0 aromatic heterocycles. The molecule has 1 fully saturated rings. The monoisotopic (exact) mass is 226 g/mol. The average molecular weight is 226 g/mol. The first kappa shape index (κ1) is 13.0. The third kappa shape index (κ3) is 3.51. The molecule has 92 valence electrons. The van der Waals surface area contributed by atoms with Gasteiger partial charge in [0.25, 0.3) is 0 Å². The van der Waals surface area contributed by atoms with Gasteiger partial charge in [-0.2, -0.15) is 0 Å². The van der Waals surface area contributed by atoms with Crippen LogP contribution in [0.5, 0.6) is 0 Å². The highest BCUT2D eigenvalue weighted by atomic mass is 16.2. The summed E-state index contributed by atoms with van der Waals surface area (Å²) in [6.07, 6.45) is 0.961. The molecule has 0 bridgehead atoms. The van der Waals surface area contributed by atoms with E-state index in [0.717, 1.165) is 13.0 Å². The van der Waals surface area contributed by atoms with E-state index in [1.54, 1.807) is 6.92 Å². The van der Waals surface area contributed by atoms with Crippen molar-refractivity contribution in [3.63, 3.8) is 0 Å². The van der Waals surface area contributed by atoms with Crippen LogP contribution in [-0.2, 0) is 9.59 Å². The highest BCUT2D eigenvalue weighted by molar-refractivity contribution is 5.78. The van der Waals surface area contributed by atoms with E-state index in [9.17, 15) is 9.59 Å². The lowest BCUT2D eigenvalue weighted by Gasteiger charge is -2.36. The quantitative estimate of drug-likeness (QED) is 0.764. The SMILES string of the molecule is CC(=O)N1CC(C)CC(NC(=O)C(C)C)C1. The second kappa shape index (κ2) is 5.32. The molecule has 0 spiro atoms. The van der Waals surface area contributed by atoms with Gasteiger partial charge in [-0.05, 0) is 12.3 Å². The maximum Gasteiger partial charge on any atom is 0.222 e. The number of hydrogen-bond donors (Lipinski definition) is 1. The van der Waals surface area contributed by atoms with E-state index in [4.69, 9.17) is 0 Å². The zero-order valence-corrected chi connectivity index (χ0v) is 10.6. The second-order valence-corrected chi connectivity index (χ2v) is 5.13. The largest absolute Gasteiger partial charge is 0.351 e. The van der Waals surface area contributed by atoms with Gasteiger partial charge in [-0.1, -0.05) is 20.8 Å². The number of carbonyl (C=O) groups excluding carboxylic acids is 2. The summed E-state index contributed by atoms with van der Waals surface area (Å²) in [5, 5.41) is 3.00. The first-order chi connectivity index (χ1) is 7.40. The van der Waals surface area contributed by atoms with Crippen LogP contribution >= 0.6 is 0 Å². The van der Waals surface area contributed by atoms with Gasteiger partial charge in [-0.3, -0.25) is 9.59 Å². The molecular formula is C12H22N2O2. The van der Waals surface area contributed by atoms with Crippen LogP contribution in [-0.4, -0.2) is 35.8 Å². The summed E-state index contributed by atoms with van der Waals surface area (Å²) in [6, 6.07) is 0.113. The highest BCUT2D eigenvalue weighted by Crippen LogP contribution is 2.16. The Morgan fingerprint density at radius 2 is 1.94 bits per heavy atom. The smallest absolute Gasteiger partial charge is 0.222 e. The molecule has 2 unspecified atom stereocenters. The number of carbonyl (C=O) groups is 2. The van der Waals surface area contributed by atoms with Crippen molar-refractivity contribution in [1.29, 1.82) is 0 Å². The third-order valence-corrected chi connectivity index (χ3v) is 2.98. The Kier molecular flexibility index (Phi) is 4.33. The predicted molar refractivity (Wildman–Crippen MR) is 62.8 cm³/mol. The fourth-order valence-corrected chi connectivity index (χ4v) is 2.08. The van der Waals surface area contributed by atoms with Crippen LogP contribution in [0.3, 0.4) is 0 Å². The van der Waals surface area contributed by atoms with E-state index in [1.807, 2.05) is 18.7 Å². The molecule has 1 N–H and O–H groups in total. The van der Waals surface area contributed by atoms with Crippen molar-refractivity contribution in [2.45, 2.75) is 40.2 Å². The summed E-state index contributed by atoms with van der Waals surface area (Å²) >= 11 is 0. The minimum Gasteiger partial charge on any atom is -0.351 e. The minimum absolute atomic E-state index is 0.00279. The second-order valence-electron chi connectivity index (χ2n) is 5.13. The van der Waals surface area contributed by atoms with Crippen molar-refractivity contribution >= 4 is 11.8 Å². The molecule has 0 aromatic carbocycles. The maximum atomic E-state index is 11.6. The number of nitrogens with zero attached hydrogens (tertiary/aromatic N) is 1. The van der Waals surface area contributed by atoms with Crippen LogP contribution in [0.4, 0.5) is 0 Å². The summed E-state index contributed by atoms with van der Waals surface area (Å²) < 4.78 is 0. The molecule has 0 aliphatic carbocycles. The average Bonchev–Trinajstić information content (AvgIpc) is 2.16. The standard InChI is InChI=1S/C12H22N2O2/c1-8(2)12(16)13-11-5-9(3)6-14(7-11)10(4)15/h8-9,11H,5-7H2,1-4H3,(H,13,16). The molecule has 2 amide bonds. The maximum absolute atomic E-state index is 11.6. The van der Waals surface area contributed by atoms with E-state index >= 15 is 0 Å². The lowest BCUT2D eigenvalue weighted by molar-refractivity contribution is -0.133. The summed E-state index contributed by atoms with van der Waals surface area (Å²) in [4.78, 5) is 24.7. The van der Waals surface area contributed by atoms with Gasteiger partial charge in [-0.25, -0.2) is 0 Å². The fourth-order valence-electron chi connectivity index (χ4n) is 2.08. The number of piperidine rings is 1. The first-order valence-corrected chi connectivity index (χ1v) is 5.96. The van der Waals surface area contributed by atoms with Crippen molar-refractivity contribution in [2.75, 3.05) is 13.1 Å². The molecule has 1 heterocycles. The normalized spacial score (nSPS) is 25.7. The topological polar surface area (TPSA) is 49.4 Å². The number of amides is 2. The minimum atomic E-state index is 0.00279. The first-order valence-electron chi connectivity index (χ1n) is 5.96. The predicted octanol–water partition coefficient (Wildman–Crippen LogP) is 1.02. The number of hydrogen-bond acceptors (Lipinski definition) is 2. The van der Waals surface area contributed by atoms with Gasteiger partial charge in [-0.15, -0.1) is 0 Å². The lowest BCUT2D eigenvalue weighted by Crippen LogP contribution is -2.52. The molecular weight excluding hydrogens is 204 g/mol. The third-order valence-electron chi connectivity index (χ3n) is 2.98. The Morgan fingerprint density at radius 1 is 1.31 bits per heavy atom. The number of nitrogens with one attached hydrogen (secondary N) is 1. The van der Waals surface area contributed by atoms with Gasteiger partial charge < -0.3 is 10.2 Å². The molecule has 1 aliphatic rings. The van der Waals surface area contributed by atoms with Crippen LogP contribution in [0, 0.1) is 11.8 Å². The van der Waals surface area contributed by atoms with E-state index in [-0.39, 0.29) is 23.8 Å². The van der Waals surface area contributed by atoms with E-state index in [2.05, 4.69) is 12.2 Å². The fraction of sp³-hybridized carbons (Fsp3) is 0.833. The summed E-state index contributed by atoms with van der Waals surface area (Å²) in [6.45, 7) is 8.92. The Labute approximate surface area is 97.4 Å². The Balaban J connectivity index is 2.54. The van der Waals surface area contributed by atoms with Crippen molar-refractivity contribution < 1.29 is 9.59 Å². The van der Waals surface area contributed by atoms with Gasteiger partial charge in [0, 0.05) is 32.0 Å². The molecule has 1 saturated heterocycles. The van der Waals surface area contributed by atoms with E-state index in [1.165, 1.54) is 0 Å². The molecule has 1 rings (SSSR count). The van der Waals surface area contributed by atoms with Crippen molar-refractivity contribution in [3.8, 4) is 0 Å². The zero-order valence-electron chi connectivity index (χ0n) is 10.6. The van der Waals surface area contributed by atoms with Crippen molar-refractivity contribution in [1.82, 2.24) is 10.2 Å². The molecule has 0 radical (unpaired) electrons. The van der Waals surface area contributed by atoms with E-state index < -0.39 is 0 Å². The van der Waals surface area contributed by atoms with Crippen LogP contribution < -0.4 is 5.32 Å². The molecule has 4 nitrogen and oxygen atoms in total. The number of rotatable bonds is 2. The van der Waals surface area contributed by atoms with Gasteiger partial charge >= 0.3 is 0 Å². The molecule has 4 heteroatoms. The Morgan fingerprint density at radius 3 is 2.44 bits per heavy atom. The van der Waals surface area contributed by atoms with Crippen LogP contribution in [0.25, 0.3) is 0 Å². The number of likely N-dealkylation sites (tertiary alicyclic amines) is 1. The summed E-state index contributed by atoms with van der Waals surface area (Å²) in [5.41, 5.74) is 0. The highest BCUT2D eigenvalue weighted by Gasteiger charge is 2.27. The van der Waals surface area contributed by atoms with Crippen LogP contribution in [0.15, 0.2) is 0 Å².